The largest absolute Gasteiger partial charge is 0.360 e. The fraction of sp³-hybridized carbons (Fsp3) is 0.125. The Labute approximate surface area is 107 Å². The van der Waals surface area contributed by atoms with Crippen LogP contribution >= 0.6 is 0 Å². The molecule has 90 valence electrons. The second-order valence-corrected chi connectivity index (χ2v) is 5.19. The highest BCUT2D eigenvalue weighted by molar-refractivity contribution is 6.12. The Kier molecular flexibility index (Phi) is 1.44. The molecule has 1 saturated heterocycles. The third-order valence-electron chi connectivity index (χ3n) is 4.21. The van der Waals surface area contributed by atoms with E-state index >= 15 is 0 Å². The topological polar surface area (TPSA) is 46.7 Å². The van der Waals surface area contributed by atoms with Gasteiger partial charge in [-0.2, -0.15) is 0 Å². The molecule has 3 nitrogen and oxygen atoms in total. The third kappa shape index (κ3) is 0.992. The Hall–Kier alpha value is -2.26. The highest BCUT2D eigenvalue weighted by Crippen LogP contribution is 2.44. The lowest BCUT2D eigenvalue weighted by Crippen LogP contribution is -2.40. The Morgan fingerprint density at radius 1 is 0.947 bits per heavy atom. The summed E-state index contributed by atoms with van der Waals surface area (Å²) >= 11 is 0. The van der Waals surface area contributed by atoms with Crippen molar-refractivity contribution in [2.75, 3.05) is 0 Å². The van der Waals surface area contributed by atoms with Gasteiger partial charge in [-0.05, 0) is 22.4 Å². The lowest BCUT2D eigenvalue weighted by Gasteiger charge is -2.11. The van der Waals surface area contributed by atoms with Crippen molar-refractivity contribution in [1.82, 2.24) is 0 Å². The maximum absolute atomic E-state index is 12.2. The molecule has 19 heavy (non-hydrogen) atoms. The van der Waals surface area contributed by atoms with E-state index in [1.807, 2.05) is 30.3 Å². The van der Waals surface area contributed by atoms with Gasteiger partial charge >= 0.3 is 0 Å². The molecular formula is C16H8O3. The first-order chi connectivity index (χ1) is 9.25. The molecule has 5 rings (SSSR count). The van der Waals surface area contributed by atoms with Gasteiger partial charge in [0.05, 0.1) is 0 Å². The summed E-state index contributed by atoms with van der Waals surface area (Å²) in [6.45, 7) is 0. The Morgan fingerprint density at radius 2 is 1.84 bits per heavy atom. The van der Waals surface area contributed by atoms with Crippen molar-refractivity contribution in [3.63, 3.8) is 0 Å². The minimum Gasteiger partial charge on any atom is -0.360 e. The van der Waals surface area contributed by atoms with Crippen LogP contribution in [0.4, 0.5) is 0 Å². The molecule has 3 heteroatoms. The summed E-state index contributed by atoms with van der Waals surface area (Å²) in [5.41, 5.74) is 0.241. The summed E-state index contributed by atoms with van der Waals surface area (Å²) in [5, 5.41) is 3.88. The molecular weight excluding hydrogens is 240 g/mol. The molecule has 0 amide bonds. The third-order valence-corrected chi connectivity index (χ3v) is 4.21. The summed E-state index contributed by atoms with van der Waals surface area (Å²) in [4.78, 5) is 24.4. The molecule has 0 bridgehead atoms. The summed E-state index contributed by atoms with van der Waals surface area (Å²) in [6, 6.07) is 9.55. The van der Waals surface area contributed by atoms with E-state index in [0.29, 0.717) is 10.6 Å². The van der Waals surface area contributed by atoms with Gasteiger partial charge in [-0.3, -0.25) is 9.59 Å². The second-order valence-electron chi connectivity index (χ2n) is 5.19. The zero-order chi connectivity index (χ0) is 12.7. The van der Waals surface area contributed by atoms with Crippen molar-refractivity contribution in [3.8, 4) is 0 Å². The van der Waals surface area contributed by atoms with E-state index in [0.717, 1.165) is 21.7 Å². The summed E-state index contributed by atoms with van der Waals surface area (Å²) < 4.78 is 5.55. The Balaban J connectivity index is 2.29. The molecule has 3 aromatic rings. The van der Waals surface area contributed by atoms with E-state index in [2.05, 4.69) is 0 Å². The minimum absolute atomic E-state index is 0.0260. The molecule has 1 aliphatic heterocycles. The van der Waals surface area contributed by atoms with Crippen molar-refractivity contribution in [1.29, 1.82) is 0 Å². The van der Waals surface area contributed by atoms with Crippen LogP contribution in [0.2, 0.25) is 0 Å². The first kappa shape index (κ1) is 9.64. The molecule has 0 spiro atoms. The van der Waals surface area contributed by atoms with Crippen LogP contribution in [-0.2, 0) is 4.74 Å². The van der Waals surface area contributed by atoms with Crippen molar-refractivity contribution in [3.05, 3.63) is 61.6 Å². The summed E-state index contributed by atoms with van der Waals surface area (Å²) in [6.07, 6.45) is 1.85. The predicted octanol–water partition coefficient (Wildman–Crippen LogP) is 1.10. The van der Waals surface area contributed by atoms with Crippen LogP contribution in [0.15, 0.2) is 39.9 Å². The molecule has 0 N–H and O–H groups in total. The molecule has 2 atom stereocenters. The fourth-order valence-electron chi connectivity index (χ4n) is 3.29. The van der Waals surface area contributed by atoms with Crippen LogP contribution in [0.5, 0.6) is 0 Å². The van der Waals surface area contributed by atoms with E-state index in [1.165, 1.54) is 0 Å². The normalized spacial score (nSPS) is 23.4. The Bertz CT molecular complexity index is 1040. The van der Waals surface area contributed by atoms with Gasteiger partial charge in [-0.1, -0.05) is 30.3 Å². The zero-order valence-corrected chi connectivity index (χ0v) is 9.84. The van der Waals surface area contributed by atoms with Crippen LogP contribution in [0.3, 0.4) is 0 Å². The van der Waals surface area contributed by atoms with Gasteiger partial charge in [0, 0.05) is 16.0 Å². The molecule has 1 heterocycles. The minimum atomic E-state index is -0.402. The van der Waals surface area contributed by atoms with Gasteiger partial charge < -0.3 is 4.74 Å². The molecule has 3 aromatic carbocycles. The predicted molar refractivity (Wildman–Crippen MR) is 72.5 cm³/mol. The number of fused-ring (bicyclic) bond motifs is 2. The standard InChI is InChI=1S/C16H8O3/c17-14-8-3-1-2-7-4-5-9-13(12(7)8)10(15(14)18)6-11-16(9)19-11/h1-6,11,16H. The fourth-order valence-corrected chi connectivity index (χ4v) is 3.29. The first-order valence-corrected chi connectivity index (χ1v) is 6.28. The van der Waals surface area contributed by atoms with E-state index < -0.39 is 10.9 Å². The zero-order valence-electron chi connectivity index (χ0n) is 9.84. The molecule has 2 unspecified atom stereocenters. The number of rotatable bonds is 0. The van der Waals surface area contributed by atoms with Crippen molar-refractivity contribution >= 4 is 27.6 Å². The maximum Gasteiger partial charge on any atom is 0.234 e. The molecule has 1 fully saturated rings. The average Bonchev–Trinajstić information content (AvgIpc) is 3.21. The van der Waals surface area contributed by atoms with Crippen LogP contribution in [-0.4, -0.2) is 6.10 Å². The highest BCUT2D eigenvalue weighted by Gasteiger charge is 2.42. The SMILES string of the molecule is O=c1c(=O)c2cccc3ccc4c(c1=CC1OC41)c32. The van der Waals surface area contributed by atoms with Gasteiger partial charge in [-0.15, -0.1) is 0 Å². The lowest BCUT2D eigenvalue weighted by atomic mass is 9.90. The smallest absolute Gasteiger partial charge is 0.234 e. The van der Waals surface area contributed by atoms with Gasteiger partial charge in [0.1, 0.15) is 12.2 Å². The number of benzene rings is 3. The lowest BCUT2D eigenvalue weighted by molar-refractivity contribution is 0.401. The van der Waals surface area contributed by atoms with Crippen LogP contribution < -0.4 is 16.1 Å². The van der Waals surface area contributed by atoms with Crippen molar-refractivity contribution < 1.29 is 4.74 Å². The molecule has 0 aromatic heterocycles. The van der Waals surface area contributed by atoms with Crippen LogP contribution in [0, 0.1) is 0 Å². The second kappa shape index (κ2) is 2.83. The first-order valence-electron chi connectivity index (χ1n) is 6.28. The molecule has 1 aliphatic carbocycles. The number of epoxide rings is 1. The van der Waals surface area contributed by atoms with Crippen molar-refractivity contribution in [2.24, 2.45) is 0 Å². The van der Waals surface area contributed by atoms with E-state index in [4.69, 9.17) is 4.74 Å². The van der Waals surface area contributed by atoms with Crippen LogP contribution in [0.1, 0.15) is 11.7 Å². The van der Waals surface area contributed by atoms with E-state index in [-0.39, 0.29) is 12.2 Å². The van der Waals surface area contributed by atoms with Gasteiger partial charge in [0.2, 0.25) is 10.9 Å². The van der Waals surface area contributed by atoms with Gasteiger partial charge in [0.15, 0.2) is 0 Å². The molecule has 2 aliphatic rings. The van der Waals surface area contributed by atoms with Gasteiger partial charge in [0.25, 0.3) is 0 Å². The average molecular weight is 248 g/mol. The van der Waals surface area contributed by atoms with Gasteiger partial charge in [-0.25, -0.2) is 0 Å². The van der Waals surface area contributed by atoms with E-state index in [9.17, 15) is 9.59 Å². The highest BCUT2D eigenvalue weighted by atomic mass is 16.6. The van der Waals surface area contributed by atoms with E-state index in [1.54, 1.807) is 6.07 Å². The summed E-state index contributed by atoms with van der Waals surface area (Å²) in [5.74, 6) is 0. The van der Waals surface area contributed by atoms with Crippen molar-refractivity contribution in [2.45, 2.75) is 12.2 Å². The monoisotopic (exact) mass is 248 g/mol. The number of hydrogen-bond donors (Lipinski definition) is 0. The number of hydrogen-bond acceptors (Lipinski definition) is 3. The van der Waals surface area contributed by atoms with Crippen LogP contribution in [0.25, 0.3) is 27.6 Å². The molecule has 0 radical (unpaired) electrons. The quantitative estimate of drug-likeness (QED) is 0.442. The summed E-state index contributed by atoms with van der Waals surface area (Å²) in [7, 11) is 0. The molecule has 0 saturated carbocycles. The maximum atomic E-state index is 12.2. The Morgan fingerprint density at radius 3 is 2.74 bits per heavy atom. The number of ether oxygens (including phenoxy) is 1.